The molecule has 0 saturated heterocycles. The molecule has 0 N–H and O–H groups in total. The van der Waals surface area contributed by atoms with Crippen LogP contribution < -0.4 is 0 Å². The van der Waals surface area contributed by atoms with E-state index >= 15 is 0 Å². The van der Waals surface area contributed by atoms with E-state index in [1.807, 2.05) is 0 Å². The second kappa shape index (κ2) is 15.3. The summed E-state index contributed by atoms with van der Waals surface area (Å²) in [5.74, 6) is 0.887. The number of amidine groups is 1. The molecule has 2 unspecified atom stereocenters. The summed E-state index contributed by atoms with van der Waals surface area (Å²) in [5.41, 5.74) is 12.9. The molecular formula is C63H44N4O. The van der Waals surface area contributed by atoms with Gasteiger partial charge in [0.15, 0.2) is 5.84 Å². The van der Waals surface area contributed by atoms with E-state index in [0.717, 1.165) is 90.8 Å². The Balaban J connectivity index is 1.02. The van der Waals surface area contributed by atoms with Crippen molar-refractivity contribution in [1.82, 2.24) is 9.13 Å². The highest BCUT2D eigenvalue weighted by molar-refractivity contribution is 6.24. The zero-order valence-electron chi connectivity index (χ0n) is 37.5. The summed E-state index contributed by atoms with van der Waals surface area (Å²) in [5, 5.41) is 11.9. The lowest BCUT2D eigenvalue weighted by Crippen LogP contribution is -2.18. The van der Waals surface area contributed by atoms with Crippen LogP contribution in [0.25, 0.3) is 98.5 Å². The molecule has 1 aliphatic heterocycles. The van der Waals surface area contributed by atoms with E-state index in [9.17, 15) is 0 Å². The number of para-hydroxylation sites is 4. The van der Waals surface area contributed by atoms with E-state index in [1.54, 1.807) is 0 Å². The molecule has 14 rings (SSSR count). The van der Waals surface area contributed by atoms with Crippen molar-refractivity contribution in [2.75, 3.05) is 0 Å². The zero-order valence-corrected chi connectivity index (χ0v) is 37.5. The van der Waals surface area contributed by atoms with E-state index in [1.165, 1.54) is 48.7 Å². The number of hydrogen-bond donors (Lipinski definition) is 0. The SMILES string of the molecule is CC1CC/C(c2cccc3c2c2ccccc2n3-c2ccccc2)=N\C(c2ccc3ccccc3c2)=N/C1c1cc(-n2c3ccccc3c3cc4ccccc4cc32)c2c(c1)oc1ccccc12. The van der Waals surface area contributed by atoms with Gasteiger partial charge in [-0.25, -0.2) is 4.99 Å². The molecule has 13 aromatic rings. The van der Waals surface area contributed by atoms with Crippen LogP contribution in [0.15, 0.2) is 227 Å². The lowest BCUT2D eigenvalue weighted by Gasteiger charge is -2.26. The summed E-state index contributed by atoms with van der Waals surface area (Å²) >= 11 is 0. The van der Waals surface area contributed by atoms with Crippen LogP contribution in [0, 0.1) is 5.92 Å². The average molecular weight is 873 g/mol. The third-order valence-corrected chi connectivity index (χ3v) is 14.5. The number of benzene rings is 10. The van der Waals surface area contributed by atoms with Crippen LogP contribution in [0.2, 0.25) is 0 Å². The molecule has 5 nitrogen and oxygen atoms in total. The monoisotopic (exact) mass is 872 g/mol. The molecule has 0 aliphatic carbocycles. The smallest absolute Gasteiger partial charge is 0.155 e. The lowest BCUT2D eigenvalue weighted by molar-refractivity contribution is 0.446. The van der Waals surface area contributed by atoms with Crippen molar-refractivity contribution in [3.63, 3.8) is 0 Å². The van der Waals surface area contributed by atoms with Gasteiger partial charge < -0.3 is 13.6 Å². The van der Waals surface area contributed by atoms with Crippen LogP contribution in [0.5, 0.6) is 0 Å². The van der Waals surface area contributed by atoms with E-state index in [-0.39, 0.29) is 12.0 Å². The van der Waals surface area contributed by atoms with Crippen molar-refractivity contribution in [1.29, 1.82) is 0 Å². The van der Waals surface area contributed by atoms with E-state index in [0.29, 0.717) is 0 Å². The zero-order chi connectivity index (χ0) is 44.9. The van der Waals surface area contributed by atoms with Crippen molar-refractivity contribution >= 4 is 98.6 Å². The predicted octanol–water partition coefficient (Wildman–Crippen LogP) is 16.5. The number of hydrogen-bond acceptors (Lipinski definition) is 3. The quantitative estimate of drug-likeness (QED) is 0.170. The van der Waals surface area contributed by atoms with Gasteiger partial charge in [0.2, 0.25) is 0 Å². The van der Waals surface area contributed by atoms with E-state index in [2.05, 4.69) is 228 Å². The molecule has 0 spiro atoms. The van der Waals surface area contributed by atoms with Crippen LogP contribution in [0.1, 0.15) is 42.5 Å². The Bertz CT molecular complexity index is 4240. The molecule has 1 aliphatic rings. The van der Waals surface area contributed by atoms with Crippen molar-refractivity contribution in [2.45, 2.75) is 25.8 Å². The van der Waals surface area contributed by atoms with Gasteiger partial charge in [-0.05, 0) is 113 Å². The number of furan rings is 1. The first kappa shape index (κ1) is 38.7. The van der Waals surface area contributed by atoms with Gasteiger partial charge in [0.25, 0.3) is 0 Å². The molecule has 0 bridgehead atoms. The highest BCUT2D eigenvalue weighted by Gasteiger charge is 2.28. The second-order valence-corrected chi connectivity index (χ2v) is 18.5. The molecule has 0 saturated carbocycles. The molecule has 0 radical (unpaired) electrons. The lowest BCUT2D eigenvalue weighted by atomic mass is 9.87. The van der Waals surface area contributed by atoms with Gasteiger partial charge in [0.1, 0.15) is 11.2 Å². The predicted molar refractivity (Wildman–Crippen MR) is 285 cm³/mol. The molecule has 2 atom stereocenters. The van der Waals surface area contributed by atoms with Gasteiger partial charge >= 0.3 is 0 Å². The van der Waals surface area contributed by atoms with Crippen LogP contribution in [0.4, 0.5) is 0 Å². The normalized spacial score (nSPS) is 17.3. The third-order valence-electron chi connectivity index (χ3n) is 14.5. The fourth-order valence-electron chi connectivity index (χ4n) is 11.3. The van der Waals surface area contributed by atoms with Gasteiger partial charge in [0.05, 0.1) is 44.9 Å². The summed E-state index contributed by atoms with van der Waals surface area (Å²) in [6.07, 6.45) is 1.68. The van der Waals surface area contributed by atoms with Gasteiger partial charge in [-0.3, -0.25) is 4.99 Å². The Morgan fingerprint density at radius 2 is 1.13 bits per heavy atom. The van der Waals surface area contributed by atoms with E-state index in [4.69, 9.17) is 14.4 Å². The third kappa shape index (κ3) is 6.02. The first-order valence-electron chi connectivity index (χ1n) is 23.7. The minimum Gasteiger partial charge on any atom is -0.456 e. The standard InChI is InChI=1S/C63H44N4O/c1-39-30-33-52(48-25-15-28-55-60(48)49-23-10-13-27-54(49)66(55)46-20-3-2-4-21-46)64-63(44-32-31-40-16-5-6-17-41(40)34-44)65-62(39)45-37-57(61-50-24-11-14-29-58(50)68-59(61)38-45)67-53-26-12-9-22-47(53)51-35-42-18-7-8-19-43(42)36-56(51)67/h2-29,31-32,34-39,62H,30,33H2,1H3/b64-52+,65-63-. The minimum absolute atomic E-state index is 0.151. The maximum absolute atomic E-state index is 6.86. The largest absolute Gasteiger partial charge is 0.456 e. The minimum atomic E-state index is -0.220. The number of rotatable bonds is 5. The summed E-state index contributed by atoms with van der Waals surface area (Å²) in [6, 6.07) is 76.5. The Morgan fingerprint density at radius 1 is 0.471 bits per heavy atom. The molecule has 322 valence electrons. The Labute approximate surface area is 392 Å². The number of aromatic nitrogens is 2. The Kier molecular flexibility index (Phi) is 8.69. The topological polar surface area (TPSA) is 47.7 Å². The second-order valence-electron chi connectivity index (χ2n) is 18.5. The Hall–Kier alpha value is -8.54. The number of nitrogens with zero attached hydrogens (tertiary/aromatic N) is 4. The van der Waals surface area contributed by atoms with Crippen LogP contribution in [0.3, 0.4) is 0 Å². The van der Waals surface area contributed by atoms with Gasteiger partial charge in [0, 0.05) is 43.7 Å². The first-order valence-corrected chi connectivity index (χ1v) is 23.7. The van der Waals surface area contributed by atoms with Gasteiger partial charge in [-0.1, -0.05) is 153 Å². The fraction of sp³-hybridized carbons (Fsp3) is 0.0794. The fourth-order valence-corrected chi connectivity index (χ4v) is 11.3. The van der Waals surface area contributed by atoms with Gasteiger partial charge in [-0.15, -0.1) is 0 Å². The number of aliphatic imine (C=N–C) groups is 2. The van der Waals surface area contributed by atoms with Crippen molar-refractivity contribution in [2.24, 2.45) is 15.9 Å². The maximum Gasteiger partial charge on any atom is 0.155 e. The molecular weight excluding hydrogens is 829 g/mol. The maximum atomic E-state index is 6.86. The summed E-state index contributed by atoms with van der Waals surface area (Å²) in [4.78, 5) is 11.6. The molecule has 0 amide bonds. The van der Waals surface area contributed by atoms with Crippen LogP contribution in [-0.4, -0.2) is 20.7 Å². The molecule has 0 fully saturated rings. The highest BCUT2D eigenvalue weighted by Crippen LogP contribution is 2.44. The van der Waals surface area contributed by atoms with Gasteiger partial charge in [-0.2, -0.15) is 0 Å². The first-order chi connectivity index (χ1) is 33.6. The molecule has 4 heterocycles. The van der Waals surface area contributed by atoms with E-state index < -0.39 is 0 Å². The number of fused-ring (bicyclic) bond motifs is 11. The van der Waals surface area contributed by atoms with Crippen molar-refractivity contribution in [3.8, 4) is 11.4 Å². The van der Waals surface area contributed by atoms with Crippen molar-refractivity contribution in [3.05, 3.63) is 229 Å². The highest BCUT2D eigenvalue weighted by atomic mass is 16.3. The van der Waals surface area contributed by atoms with Crippen LogP contribution >= 0.6 is 0 Å². The average Bonchev–Trinajstić information content (AvgIpc) is 4.04. The molecule has 5 heteroatoms. The summed E-state index contributed by atoms with van der Waals surface area (Å²) in [6.45, 7) is 2.37. The van der Waals surface area contributed by atoms with Crippen molar-refractivity contribution < 1.29 is 4.42 Å². The molecule has 68 heavy (non-hydrogen) atoms. The summed E-state index contributed by atoms with van der Waals surface area (Å²) in [7, 11) is 0. The van der Waals surface area contributed by atoms with Crippen LogP contribution in [-0.2, 0) is 0 Å². The molecule has 10 aromatic carbocycles. The summed E-state index contributed by atoms with van der Waals surface area (Å²) < 4.78 is 11.7. The Morgan fingerprint density at radius 3 is 1.96 bits per heavy atom. The molecule has 3 aromatic heterocycles.